The average molecular weight is 288 g/mol. The molecule has 1 N–H and O–H groups in total. The molecule has 106 valence electrons. The second-order valence-electron chi connectivity index (χ2n) is 5.22. The fourth-order valence-electron chi connectivity index (χ4n) is 2.46. The molecular weight excluding hydrogens is 268 g/mol. The first-order valence-electron chi connectivity index (χ1n) is 7.15. The molecule has 1 unspecified atom stereocenters. The fourth-order valence-corrected chi connectivity index (χ4v) is 3.83. The first-order valence-corrected chi connectivity index (χ1v) is 8.10. The van der Waals surface area contributed by atoms with Gasteiger partial charge in [0.25, 0.3) is 0 Å². The third-order valence-corrected chi connectivity index (χ3v) is 5.06. The summed E-state index contributed by atoms with van der Waals surface area (Å²) in [6, 6.07) is 9.12. The molecule has 1 aromatic rings. The molecule has 0 bridgehead atoms. The van der Waals surface area contributed by atoms with Gasteiger partial charge in [0, 0.05) is 10.9 Å². The van der Waals surface area contributed by atoms with Crippen molar-refractivity contribution in [2.45, 2.75) is 49.5 Å². The van der Waals surface area contributed by atoms with E-state index in [-0.39, 0.29) is 11.2 Å². The predicted octanol–water partition coefficient (Wildman–Crippen LogP) is 3.95. The van der Waals surface area contributed by atoms with E-state index in [1.165, 1.54) is 32.1 Å². The summed E-state index contributed by atoms with van der Waals surface area (Å²) in [5, 5.41) is 12.3. The van der Waals surface area contributed by atoms with Crippen molar-refractivity contribution in [2.24, 2.45) is 0 Å². The van der Waals surface area contributed by atoms with Gasteiger partial charge in [-0.3, -0.25) is 4.79 Å². The molecule has 0 saturated heterocycles. The number of thioether (sulfide) groups is 1. The highest BCUT2D eigenvalue weighted by molar-refractivity contribution is 8.01. The lowest BCUT2D eigenvalue weighted by atomic mass is 10.0. The van der Waals surface area contributed by atoms with E-state index in [0.717, 1.165) is 0 Å². The van der Waals surface area contributed by atoms with Crippen LogP contribution in [-0.4, -0.2) is 16.4 Å². The van der Waals surface area contributed by atoms with Crippen LogP contribution >= 0.6 is 11.8 Å². The Balaban J connectivity index is 1.88. The van der Waals surface area contributed by atoms with E-state index in [2.05, 4.69) is 11.4 Å². The van der Waals surface area contributed by atoms with Crippen LogP contribution in [0.1, 0.15) is 44.6 Å². The van der Waals surface area contributed by atoms with Gasteiger partial charge >= 0.3 is 0 Å². The second kappa shape index (κ2) is 7.35. The summed E-state index contributed by atoms with van der Waals surface area (Å²) in [6.07, 6.45) is 6.36. The fraction of sp³-hybridized carbons (Fsp3) is 0.500. The van der Waals surface area contributed by atoms with Gasteiger partial charge in [-0.2, -0.15) is 5.26 Å². The minimum atomic E-state index is -0.0520. The molecule has 4 heteroatoms. The van der Waals surface area contributed by atoms with E-state index in [1.54, 1.807) is 30.0 Å². The molecule has 0 radical (unpaired) electrons. The third-order valence-electron chi connectivity index (χ3n) is 3.58. The number of benzene rings is 1. The largest absolute Gasteiger partial charge is 0.325 e. The van der Waals surface area contributed by atoms with Crippen molar-refractivity contribution in [1.82, 2.24) is 0 Å². The second-order valence-corrected chi connectivity index (χ2v) is 6.87. The van der Waals surface area contributed by atoms with Crippen molar-refractivity contribution in [1.29, 1.82) is 5.26 Å². The Bertz CT molecular complexity index is 503. The summed E-state index contributed by atoms with van der Waals surface area (Å²) in [5.41, 5.74) is 1.26. The third kappa shape index (κ3) is 4.28. The quantitative estimate of drug-likeness (QED) is 0.912. The van der Waals surface area contributed by atoms with Crippen molar-refractivity contribution in [3.05, 3.63) is 29.8 Å². The Morgan fingerprint density at radius 1 is 1.40 bits per heavy atom. The van der Waals surface area contributed by atoms with E-state index >= 15 is 0 Å². The minimum absolute atomic E-state index is 0.0238. The lowest BCUT2D eigenvalue weighted by molar-refractivity contribution is -0.115. The number of carbonyl (C=O) groups excluding carboxylic acids is 1. The van der Waals surface area contributed by atoms with E-state index in [4.69, 9.17) is 5.26 Å². The Labute approximate surface area is 124 Å². The van der Waals surface area contributed by atoms with Gasteiger partial charge in [0.1, 0.15) is 0 Å². The maximum Gasteiger partial charge on any atom is 0.237 e. The lowest BCUT2D eigenvalue weighted by Crippen LogP contribution is -2.25. The molecule has 1 aromatic carbocycles. The Kier molecular flexibility index (Phi) is 5.49. The van der Waals surface area contributed by atoms with Gasteiger partial charge in [-0.1, -0.05) is 25.3 Å². The van der Waals surface area contributed by atoms with Crippen LogP contribution in [0.15, 0.2) is 24.3 Å². The van der Waals surface area contributed by atoms with Crippen molar-refractivity contribution < 1.29 is 4.79 Å². The normalized spacial score (nSPS) is 17.2. The van der Waals surface area contributed by atoms with E-state index in [1.807, 2.05) is 13.0 Å². The van der Waals surface area contributed by atoms with Crippen LogP contribution in [0.4, 0.5) is 5.69 Å². The molecule has 3 nitrogen and oxygen atoms in total. The molecular formula is C16H20N2OS. The molecule has 0 aromatic heterocycles. The Morgan fingerprint density at radius 3 is 2.85 bits per heavy atom. The summed E-state index contributed by atoms with van der Waals surface area (Å²) >= 11 is 1.78. The summed E-state index contributed by atoms with van der Waals surface area (Å²) in [7, 11) is 0. The number of carbonyl (C=O) groups is 1. The van der Waals surface area contributed by atoms with E-state index in [0.29, 0.717) is 16.5 Å². The number of anilines is 1. The SMILES string of the molecule is CC(SC1CCCCC1)C(=O)Nc1cccc(C#N)c1. The highest BCUT2D eigenvalue weighted by Crippen LogP contribution is 2.31. The topological polar surface area (TPSA) is 52.9 Å². The Morgan fingerprint density at radius 2 is 2.15 bits per heavy atom. The van der Waals surface area contributed by atoms with Crippen molar-refractivity contribution >= 4 is 23.4 Å². The maximum atomic E-state index is 12.2. The van der Waals surface area contributed by atoms with E-state index < -0.39 is 0 Å². The van der Waals surface area contributed by atoms with Gasteiger partial charge in [0.2, 0.25) is 5.91 Å². The Hall–Kier alpha value is -1.47. The van der Waals surface area contributed by atoms with Crippen molar-refractivity contribution in [3.63, 3.8) is 0 Å². The maximum absolute atomic E-state index is 12.2. The van der Waals surface area contributed by atoms with Crippen LogP contribution in [0.5, 0.6) is 0 Å². The van der Waals surface area contributed by atoms with Crippen molar-refractivity contribution in [2.75, 3.05) is 5.32 Å². The molecule has 1 saturated carbocycles. The van der Waals surface area contributed by atoms with Gasteiger partial charge in [-0.25, -0.2) is 0 Å². The smallest absolute Gasteiger partial charge is 0.237 e. The van der Waals surface area contributed by atoms with Crippen LogP contribution in [-0.2, 0) is 4.79 Å². The standard InChI is InChI=1S/C16H20N2OS/c1-12(20-15-8-3-2-4-9-15)16(19)18-14-7-5-6-13(10-14)11-17/h5-7,10,12,15H,2-4,8-9H2,1H3,(H,18,19). The monoisotopic (exact) mass is 288 g/mol. The molecule has 1 amide bonds. The van der Waals surface area contributed by atoms with Gasteiger partial charge in [0.15, 0.2) is 0 Å². The van der Waals surface area contributed by atoms with Crippen LogP contribution in [0.3, 0.4) is 0 Å². The van der Waals surface area contributed by atoms with Gasteiger partial charge in [0.05, 0.1) is 16.9 Å². The number of nitriles is 1. The van der Waals surface area contributed by atoms with Crippen molar-refractivity contribution in [3.8, 4) is 6.07 Å². The minimum Gasteiger partial charge on any atom is -0.325 e. The number of hydrogen-bond acceptors (Lipinski definition) is 3. The number of amides is 1. The zero-order valence-corrected chi connectivity index (χ0v) is 12.6. The molecule has 1 atom stereocenters. The highest BCUT2D eigenvalue weighted by Gasteiger charge is 2.21. The average Bonchev–Trinajstić information content (AvgIpc) is 2.48. The summed E-state index contributed by atoms with van der Waals surface area (Å²) in [6.45, 7) is 1.96. The molecule has 1 aliphatic rings. The van der Waals surface area contributed by atoms with E-state index in [9.17, 15) is 4.79 Å². The summed E-state index contributed by atoms with van der Waals surface area (Å²) in [4.78, 5) is 12.2. The molecule has 0 aliphatic heterocycles. The predicted molar refractivity (Wildman–Crippen MR) is 83.7 cm³/mol. The molecule has 1 aliphatic carbocycles. The van der Waals surface area contributed by atoms with Crippen LogP contribution in [0.25, 0.3) is 0 Å². The number of nitrogens with zero attached hydrogens (tertiary/aromatic N) is 1. The van der Waals surface area contributed by atoms with Crippen LogP contribution in [0.2, 0.25) is 0 Å². The highest BCUT2D eigenvalue weighted by atomic mass is 32.2. The molecule has 0 heterocycles. The zero-order valence-electron chi connectivity index (χ0n) is 11.8. The first kappa shape index (κ1) is 14.9. The molecule has 20 heavy (non-hydrogen) atoms. The first-order chi connectivity index (χ1) is 9.69. The number of hydrogen-bond donors (Lipinski definition) is 1. The van der Waals surface area contributed by atoms with Crippen LogP contribution < -0.4 is 5.32 Å². The van der Waals surface area contributed by atoms with Gasteiger partial charge in [-0.05, 0) is 38.0 Å². The molecule has 2 rings (SSSR count). The lowest BCUT2D eigenvalue weighted by Gasteiger charge is -2.23. The van der Waals surface area contributed by atoms with Gasteiger partial charge < -0.3 is 5.32 Å². The summed E-state index contributed by atoms with van der Waals surface area (Å²) in [5.74, 6) is 0.0238. The van der Waals surface area contributed by atoms with Crippen LogP contribution in [0, 0.1) is 11.3 Å². The number of nitrogens with one attached hydrogen (secondary N) is 1. The summed E-state index contributed by atoms with van der Waals surface area (Å²) < 4.78 is 0. The van der Waals surface area contributed by atoms with Gasteiger partial charge in [-0.15, -0.1) is 11.8 Å². The molecule has 1 fully saturated rings. The number of rotatable bonds is 4. The molecule has 0 spiro atoms. The zero-order chi connectivity index (χ0) is 14.4.